The number of nitrogens with zero attached hydrogens (tertiary/aromatic N) is 3. The van der Waals surface area contributed by atoms with Gasteiger partial charge in [0.05, 0.1) is 17.8 Å². The zero-order valence-corrected chi connectivity index (χ0v) is 13.3. The van der Waals surface area contributed by atoms with E-state index in [0.717, 1.165) is 5.69 Å². The molecule has 1 aromatic heterocycles. The molecular formula is C17H19N3O4. The van der Waals surface area contributed by atoms with Crippen molar-refractivity contribution in [2.24, 2.45) is 11.8 Å². The molecule has 1 aliphatic rings. The fourth-order valence-corrected chi connectivity index (χ4v) is 3.08. The molecule has 0 radical (unpaired) electrons. The van der Waals surface area contributed by atoms with Crippen LogP contribution in [0.1, 0.15) is 23.8 Å². The van der Waals surface area contributed by atoms with Gasteiger partial charge in [0.1, 0.15) is 0 Å². The van der Waals surface area contributed by atoms with Crippen LogP contribution in [0.15, 0.2) is 36.5 Å². The largest absolute Gasteiger partial charge is 0.504 e. The van der Waals surface area contributed by atoms with Crippen LogP contribution in [0, 0.1) is 11.8 Å². The highest BCUT2D eigenvalue weighted by molar-refractivity contribution is 5.95. The fourth-order valence-electron chi connectivity index (χ4n) is 3.08. The van der Waals surface area contributed by atoms with Crippen LogP contribution in [0.25, 0.3) is 5.69 Å². The summed E-state index contributed by atoms with van der Waals surface area (Å²) in [5, 5.41) is 23.5. The van der Waals surface area contributed by atoms with Crippen molar-refractivity contribution >= 4 is 11.9 Å². The monoisotopic (exact) mass is 329 g/mol. The summed E-state index contributed by atoms with van der Waals surface area (Å²) < 4.78 is 1.44. The second-order valence-electron chi connectivity index (χ2n) is 6.23. The summed E-state index contributed by atoms with van der Waals surface area (Å²) in [6.07, 6.45) is 1.92. The molecule has 0 saturated carbocycles. The van der Waals surface area contributed by atoms with Gasteiger partial charge in [-0.25, -0.2) is 4.68 Å². The Hall–Kier alpha value is -2.83. The third-order valence-electron chi connectivity index (χ3n) is 4.21. The lowest BCUT2D eigenvalue weighted by Gasteiger charge is -2.34. The number of aromatic nitrogens is 2. The normalized spacial score (nSPS) is 20.8. The maximum Gasteiger partial charge on any atom is 0.308 e. The van der Waals surface area contributed by atoms with Gasteiger partial charge < -0.3 is 15.1 Å². The van der Waals surface area contributed by atoms with Gasteiger partial charge in [0, 0.05) is 13.1 Å². The van der Waals surface area contributed by atoms with Crippen LogP contribution in [-0.2, 0) is 4.79 Å². The van der Waals surface area contributed by atoms with Gasteiger partial charge in [-0.3, -0.25) is 9.59 Å². The Balaban J connectivity index is 1.85. The molecule has 2 atom stereocenters. The van der Waals surface area contributed by atoms with Gasteiger partial charge in [-0.15, -0.1) is 0 Å². The number of hydrogen-bond acceptors (Lipinski definition) is 4. The number of para-hydroxylation sites is 1. The van der Waals surface area contributed by atoms with Crippen LogP contribution in [0.4, 0.5) is 0 Å². The van der Waals surface area contributed by atoms with Gasteiger partial charge in [0.2, 0.25) is 0 Å². The summed E-state index contributed by atoms with van der Waals surface area (Å²) in [4.78, 5) is 25.4. The molecule has 7 nitrogen and oxygen atoms in total. The number of carboxylic acids is 1. The molecule has 2 N–H and O–H groups in total. The van der Waals surface area contributed by atoms with E-state index in [1.165, 1.54) is 15.8 Å². The van der Waals surface area contributed by atoms with E-state index in [2.05, 4.69) is 5.10 Å². The number of carbonyl (C=O) groups is 2. The molecule has 1 amide bonds. The van der Waals surface area contributed by atoms with Crippen LogP contribution in [0.5, 0.6) is 5.75 Å². The van der Waals surface area contributed by atoms with Crippen molar-refractivity contribution in [3.05, 3.63) is 42.2 Å². The topological polar surface area (TPSA) is 95.7 Å². The fraction of sp³-hybridized carbons (Fsp3) is 0.353. The number of hydrogen-bond donors (Lipinski definition) is 2. The zero-order valence-electron chi connectivity index (χ0n) is 13.3. The molecule has 0 bridgehead atoms. The van der Waals surface area contributed by atoms with Gasteiger partial charge in [0.25, 0.3) is 5.91 Å². The molecule has 1 aliphatic heterocycles. The van der Waals surface area contributed by atoms with Gasteiger partial charge >= 0.3 is 5.97 Å². The average molecular weight is 329 g/mol. The number of aliphatic carboxylic acids is 1. The van der Waals surface area contributed by atoms with E-state index in [4.69, 9.17) is 0 Å². The second-order valence-corrected chi connectivity index (χ2v) is 6.23. The third kappa shape index (κ3) is 3.10. The predicted octanol–water partition coefficient (Wildman–Crippen LogP) is 1.76. The van der Waals surface area contributed by atoms with Crippen molar-refractivity contribution in [3.8, 4) is 11.4 Å². The van der Waals surface area contributed by atoms with Crippen LogP contribution in [0.3, 0.4) is 0 Å². The molecular weight excluding hydrogens is 310 g/mol. The average Bonchev–Trinajstić information content (AvgIpc) is 2.96. The Kier molecular flexibility index (Phi) is 4.24. The second kappa shape index (κ2) is 6.35. The summed E-state index contributed by atoms with van der Waals surface area (Å²) in [7, 11) is 0. The highest BCUT2D eigenvalue weighted by atomic mass is 16.4. The van der Waals surface area contributed by atoms with E-state index in [-0.39, 0.29) is 23.9 Å². The SMILES string of the molecule is CC1CC(C(=O)O)CN(C(=O)c2nn(-c3ccccc3)cc2O)C1. The van der Waals surface area contributed by atoms with Crippen molar-refractivity contribution in [2.75, 3.05) is 13.1 Å². The van der Waals surface area contributed by atoms with Crippen molar-refractivity contribution < 1.29 is 19.8 Å². The van der Waals surface area contributed by atoms with Gasteiger partial charge in [0.15, 0.2) is 11.4 Å². The number of carbonyl (C=O) groups excluding carboxylic acids is 1. The Labute approximate surface area is 139 Å². The number of benzene rings is 1. The molecule has 1 saturated heterocycles. The van der Waals surface area contributed by atoms with Crippen LogP contribution < -0.4 is 0 Å². The van der Waals surface area contributed by atoms with Gasteiger partial charge in [-0.1, -0.05) is 25.1 Å². The maximum absolute atomic E-state index is 12.7. The first-order valence-corrected chi connectivity index (χ1v) is 7.82. The van der Waals surface area contributed by atoms with Crippen molar-refractivity contribution in [1.29, 1.82) is 0 Å². The summed E-state index contributed by atoms with van der Waals surface area (Å²) in [6, 6.07) is 9.15. The summed E-state index contributed by atoms with van der Waals surface area (Å²) in [5.41, 5.74) is 0.666. The smallest absolute Gasteiger partial charge is 0.308 e. The van der Waals surface area contributed by atoms with E-state index >= 15 is 0 Å². The van der Waals surface area contributed by atoms with Crippen molar-refractivity contribution in [3.63, 3.8) is 0 Å². The van der Waals surface area contributed by atoms with Crippen LogP contribution >= 0.6 is 0 Å². The van der Waals surface area contributed by atoms with E-state index in [1.807, 2.05) is 37.3 Å². The molecule has 1 aromatic carbocycles. The Bertz CT molecular complexity index is 756. The van der Waals surface area contributed by atoms with E-state index < -0.39 is 17.8 Å². The predicted molar refractivity (Wildman–Crippen MR) is 86.0 cm³/mol. The van der Waals surface area contributed by atoms with E-state index in [1.54, 1.807) is 0 Å². The van der Waals surface area contributed by atoms with E-state index in [9.17, 15) is 19.8 Å². The summed E-state index contributed by atoms with van der Waals surface area (Å²) >= 11 is 0. The van der Waals surface area contributed by atoms with Crippen molar-refractivity contribution in [1.82, 2.24) is 14.7 Å². The molecule has 24 heavy (non-hydrogen) atoms. The quantitative estimate of drug-likeness (QED) is 0.894. The number of aromatic hydroxyl groups is 1. The minimum Gasteiger partial charge on any atom is -0.504 e. The molecule has 0 spiro atoms. The lowest BCUT2D eigenvalue weighted by molar-refractivity contribution is -0.143. The third-order valence-corrected chi connectivity index (χ3v) is 4.21. The minimum absolute atomic E-state index is 0.0582. The first-order valence-electron chi connectivity index (χ1n) is 7.82. The lowest BCUT2D eigenvalue weighted by atomic mass is 9.90. The maximum atomic E-state index is 12.7. The molecule has 2 aromatic rings. The number of amides is 1. The van der Waals surface area contributed by atoms with Crippen LogP contribution in [-0.4, -0.2) is 49.9 Å². The molecule has 7 heteroatoms. The highest BCUT2D eigenvalue weighted by Crippen LogP contribution is 2.26. The zero-order chi connectivity index (χ0) is 17.3. The van der Waals surface area contributed by atoms with Crippen LogP contribution in [0.2, 0.25) is 0 Å². The molecule has 3 rings (SSSR count). The van der Waals surface area contributed by atoms with E-state index in [0.29, 0.717) is 13.0 Å². The molecule has 1 fully saturated rings. The standard InChI is InChI=1S/C17H19N3O4/c1-11-7-12(17(23)24)9-19(8-11)16(22)15-14(21)10-20(18-15)13-5-3-2-4-6-13/h2-6,10-12,21H,7-9H2,1H3,(H,23,24). The molecule has 2 heterocycles. The Morgan fingerprint density at radius 3 is 2.58 bits per heavy atom. The molecule has 0 aliphatic carbocycles. The highest BCUT2D eigenvalue weighted by Gasteiger charge is 2.34. The lowest BCUT2D eigenvalue weighted by Crippen LogP contribution is -2.45. The van der Waals surface area contributed by atoms with Gasteiger partial charge in [-0.05, 0) is 24.5 Å². The summed E-state index contributed by atoms with van der Waals surface area (Å²) in [5.74, 6) is -2.06. The first-order chi connectivity index (χ1) is 11.5. The first kappa shape index (κ1) is 16.0. The number of piperidine rings is 1. The Morgan fingerprint density at radius 2 is 1.92 bits per heavy atom. The summed E-state index contributed by atoms with van der Waals surface area (Å²) in [6.45, 7) is 2.51. The Morgan fingerprint density at radius 1 is 1.21 bits per heavy atom. The molecule has 2 unspecified atom stereocenters. The minimum atomic E-state index is -0.904. The van der Waals surface area contributed by atoms with Crippen molar-refractivity contribution in [2.45, 2.75) is 13.3 Å². The number of likely N-dealkylation sites (tertiary alicyclic amines) is 1. The number of carboxylic acid groups (broad SMARTS) is 1. The number of rotatable bonds is 3. The van der Waals surface area contributed by atoms with Gasteiger partial charge in [-0.2, -0.15) is 5.10 Å². The molecule has 126 valence electrons.